The molecule has 0 fully saturated rings. The van der Waals surface area contributed by atoms with Crippen molar-refractivity contribution >= 4 is 17.3 Å². The molecule has 2 aromatic rings. The Morgan fingerprint density at radius 1 is 1.30 bits per heavy atom. The Morgan fingerprint density at radius 2 is 2.25 bits per heavy atom. The predicted octanol–water partition coefficient (Wildman–Crippen LogP) is 2.35. The van der Waals surface area contributed by atoms with E-state index in [1.165, 1.54) is 16.7 Å². The highest BCUT2D eigenvalue weighted by Crippen LogP contribution is 2.31. The van der Waals surface area contributed by atoms with E-state index in [0.29, 0.717) is 6.04 Å². The van der Waals surface area contributed by atoms with Crippen LogP contribution >= 0.6 is 0 Å². The maximum Gasteiger partial charge on any atom is 0.139 e. The molecule has 0 radical (unpaired) electrons. The first-order valence-electron chi connectivity index (χ1n) is 7.02. The number of anilines is 3. The van der Waals surface area contributed by atoms with Gasteiger partial charge in [0.2, 0.25) is 0 Å². The molecule has 102 valence electrons. The second-order valence-electron chi connectivity index (χ2n) is 5.37. The summed E-state index contributed by atoms with van der Waals surface area (Å²) in [5.41, 5.74) is 5.03. The summed E-state index contributed by atoms with van der Waals surface area (Å²) in [5, 5.41) is 10.2. The smallest absolute Gasteiger partial charge is 0.139 e. The van der Waals surface area contributed by atoms with Crippen molar-refractivity contribution in [2.45, 2.75) is 25.9 Å². The summed E-state index contributed by atoms with van der Waals surface area (Å²) in [6.45, 7) is 4.10. The zero-order chi connectivity index (χ0) is 13.5. The topological polar surface area (TPSA) is 61.9 Å². The molecule has 2 aliphatic heterocycles. The second-order valence-corrected chi connectivity index (χ2v) is 5.37. The lowest BCUT2D eigenvalue weighted by molar-refractivity contribution is 0.633. The van der Waals surface area contributed by atoms with Crippen molar-refractivity contribution in [3.05, 3.63) is 41.2 Å². The third-order valence-electron chi connectivity index (χ3n) is 4.09. The Kier molecular flexibility index (Phi) is 2.60. The highest BCUT2D eigenvalue weighted by molar-refractivity contribution is 5.67. The fraction of sp³-hybridized carbons (Fsp3) is 0.333. The van der Waals surface area contributed by atoms with Gasteiger partial charge < -0.3 is 16.0 Å². The molecule has 2 aliphatic rings. The standard InChI is InChI=1S/C15H17N5/c1-9-13-6-11(3-2-10(13)7-17-9)20-15-12-4-5-16-14(12)18-8-19-15/h2-3,6,8-9,17H,4-5,7H2,1H3,(H2,16,18,19,20). The molecular formula is C15H17N5. The van der Waals surface area contributed by atoms with Gasteiger partial charge in [-0.15, -0.1) is 0 Å². The zero-order valence-corrected chi connectivity index (χ0v) is 11.4. The molecule has 0 saturated heterocycles. The van der Waals surface area contributed by atoms with Gasteiger partial charge in [0, 0.05) is 30.4 Å². The summed E-state index contributed by atoms with van der Waals surface area (Å²) in [4.78, 5) is 8.64. The average Bonchev–Trinajstić information content (AvgIpc) is 3.07. The lowest BCUT2D eigenvalue weighted by Crippen LogP contribution is -2.07. The van der Waals surface area contributed by atoms with E-state index >= 15 is 0 Å². The SMILES string of the molecule is CC1NCc2ccc(Nc3ncnc4c3CCN4)cc21. The summed E-state index contributed by atoms with van der Waals surface area (Å²) in [5.74, 6) is 1.87. The van der Waals surface area contributed by atoms with Crippen LogP contribution < -0.4 is 16.0 Å². The molecule has 4 rings (SSSR count). The van der Waals surface area contributed by atoms with E-state index in [1.54, 1.807) is 6.33 Å². The number of hydrogen-bond acceptors (Lipinski definition) is 5. The fourth-order valence-electron chi connectivity index (χ4n) is 2.96. The fourth-order valence-corrected chi connectivity index (χ4v) is 2.96. The van der Waals surface area contributed by atoms with Crippen LogP contribution in [-0.4, -0.2) is 16.5 Å². The number of nitrogens with one attached hydrogen (secondary N) is 3. The number of benzene rings is 1. The third kappa shape index (κ3) is 1.82. The Morgan fingerprint density at radius 3 is 3.20 bits per heavy atom. The molecule has 1 aromatic heterocycles. The number of hydrogen-bond donors (Lipinski definition) is 3. The van der Waals surface area contributed by atoms with E-state index in [0.717, 1.165) is 36.8 Å². The van der Waals surface area contributed by atoms with Gasteiger partial charge in [0.15, 0.2) is 0 Å². The number of nitrogens with zero attached hydrogens (tertiary/aromatic N) is 2. The Balaban J connectivity index is 1.67. The van der Waals surface area contributed by atoms with Crippen LogP contribution in [-0.2, 0) is 13.0 Å². The summed E-state index contributed by atoms with van der Waals surface area (Å²) in [7, 11) is 0. The van der Waals surface area contributed by atoms with Crippen molar-refractivity contribution < 1.29 is 0 Å². The summed E-state index contributed by atoms with van der Waals surface area (Å²) < 4.78 is 0. The Hall–Kier alpha value is -2.14. The van der Waals surface area contributed by atoms with E-state index in [2.05, 4.69) is 51.0 Å². The minimum Gasteiger partial charge on any atom is -0.369 e. The minimum absolute atomic E-state index is 0.421. The van der Waals surface area contributed by atoms with E-state index in [1.807, 2.05) is 0 Å². The molecule has 0 saturated carbocycles. The van der Waals surface area contributed by atoms with Crippen LogP contribution in [0.1, 0.15) is 29.7 Å². The van der Waals surface area contributed by atoms with Crippen LogP contribution in [0.15, 0.2) is 24.5 Å². The van der Waals surface area contributed by atoms with E-state index in [-0.39, 0.29) is 0 Å². The predicted molar refractivity (Wildman–Crippen MR) is 79.2 cm³/mol. The average molecular weight is 267 g/mol. The molecule has 0 spiro atoms. The van der Waals surface area contributed by atoms with Crippen LogP contribution in [0.2, 0.25) is 0 Å². The zero-order valence-electron chi connectivity index (χ0n) is 11.4. The van der Waals surface area contributed by atoms with Gasteiger partial charge in [-0.05, 0) is 36.6 Å². The molecule has 20 heavy (non-hydrogen) atoms. The molecule has 3 heterocycles. The van der Waals surface area contributed by atoms with Gasteiger partial charge in [-0.25, -0.2) is 9.97 Å². The van der Waals surface area contributed by atoms with E-state index in [9.17, 15) is 0 Å². The van der Waals surface area contributed by atoms with Gasteiger partial charge in [0.1, 0.15) is 18.0 Å². The summed E-state index contributed by atoms with van der Waals surface area (Å²) >= 11 is 0. The van der Waals surface area contributed by atoms with Gasteiger partial charge in [-0.2, -0.15) is 0 Å². The highest BCUT2D eigenvalue weighted by atomic mass is 15.1. The van der Waals surface area contributed by atoms with Crippen LogP contribution in [0.25, 0.3) is 0 Å². The molecule has 0 bridgehead atoms. The van der Waals surface area contributed by atoms with Crippen LogP contribution in [0, 0.1) is 0 Å². The monoisotopic (exact) mass is 267 g/mol. The molecule has 0 amide bonds. The molecule has 1 aromatic carbocycles. The first-order chi connectivity index (χ1) is 9.81. The largest absolute Gasteiger partial charge is 0.369 e. The molecule has 1 atom stereocenters. The summed E-state index contributed by atoms with van der Waals surface area (Å²) in [6.07, 6.45) is 2.58. The van der Waals surface area contributed by atoms with Gasteiger partial charge in [0.25, 0.3) is 0 Å². The van der Waals surface area contributed by atoms with Crippen molar-refractivity contribution in [2.24, 2.45) is 0 Å². The molecule has 5 nitrogen and oxygen atoms in total. The summed E-state index contributed by atoms with van der Waals surface area (Å²) in [6, 6.07) is 6.95. The lowest BCUT2D eigenvalue weighted by atomic mass is 10.1. The maximum absolute atomic E-state index is 4.38. The molecule has 1 unspecified atom stereocenters. The van der Waals surface area contributed by atoms with Gasteiger partial charge in [-0.3, -0.25) is 0 Å². The van der Waals surface area contributed by atoms with Crippen molar-refractivity contribution in [2.75, 3.05) is 17.2 Å². The van der Waals surface area contributed by atoms with Gasteiger partial charge in [0.05, 0.1) is 0 Å². The van der Waals surface area contributed by atoms with Crippen molar-refractivity contribution in [1.29, 1.82) is 0 Å². The highest BCUT2D eigenvalue weighted by Gasteiger charge is 2.19. The first-order valence-corrected chi connectivity index (χ1v) is 7.02. The third-order valence-corrected chi connectivity index (χ3v) is 4.09. The van der Waals surface area contributed by atoms with Crippen molar-refractivity contribution in [1.82, 2.24) is 15.3 Å². The molecule has 0 aliphatic carbocycles. The normalized spacial score (nSPS) is 19.4. The van der Waals surface area contributed by atoms with Gasteiger partial charge in [-0.1, -0.05) is 6.07 Å². The van der Waals surface area contributed by atoms with Crippen LogP contribution in [0.5, 0.6) is 0 Å². The minimum atomic E-state index is 0.421. The Labute approximate surface area is 117 Å². The van der Waals surface area contributed by atoms with Crippen LogP contribution in [0.3, 0.4) is 0 Å². The number of rotatable bonds is 2. The van der Waals surface area contributed by atoms with Crippen molar-refractivity contribution in [3.8, 4) is 0 Å². The Bertz CT molecular complexity index is 667. The first kappa shape index (κ1) is 11.7. The maximum atomic E-state index is 4.38. The van der Waals surface area contributed by atoms with E-state index in [4.69, 9.17) is 0 Å². The quantitative estimate of drug-likeness (QED) is 0.779. The lowest BCUT2D eigenvalue weighted by Gasteiger charge is -2.11. The molecule has 3 N–H and O–H groups in total. The van der Waals surface area contributed by atoms with Gasteiger partial charge >= 0.3 is 0 Å². The molecular weight excluding hydrogens is 250 g/mol. The molecule has 5 heteroatoms. The van der Waals surface area contributed by atoms with Crippen molar-refractivity contribution in [3.63, 3.8) is 0 Å². The van der Waals surface area contributed by atoms with E-state index < -0.39 is 0 Å². The number of aromatic nitrogens is 2. The second kappa shape index (κ2) is 4.45. The van der Waals surface area contributed by atoms with Crippen LogP contribution in [0.4, 0.5) is 17.3 Å². The number of fused-ring (bicyclic) bond motifs is 2.